The number of esters is 1. The fraction of sp³-hybridized carbons (Fsp3) is 0.615. The molecule has 0 amide bonds. The third-order valence-corrected chi connectivity index (χ3v) is 4.17. The van der Waals surface area contributed by atoms with Crippen LogP contribution in [0.25, 0.3) is 0 Å². The van der Waals surface area contributed by atoms with Gasteiger partial charge in [-0.25, -0.2) is 4.79 Å². The van der Waals surface area contributed by atoms with Crippen molar-refractivity contribution in [2.45, 2.75) is 38.2 Å². The molecule has 3 saturated carbocycles. The zero-order valence-electron chi connectivity index (χ0n) is 9.45. The van der Waals surface area contributed by atoms with Gasteiger partial charge in [0.1, 0.15) is 5.60 Å². The summed E-state index contributed by atoms with van der Waals surface area (Å²) in [5.41, 5.74) is 1.24. The highest BCUT2D eigenvalue weighted by molar-refractivity contribution is 5.87. The van der Waals surface area contributed by atoms with Gasteiger partial charge >= 0.3 is 5.97 Å². The van der Waals surface area contributed by atoms with E-state index in [0.717, 1.165) is 19.3 Å². The molecule has 0 heterocycles. The highest BCUT2D eigenvalue weighted by Gasteiger charge is 2.58. The Morgan fingerprint density at radius 3 is 2.62 bits per heavy atom. The molecule has 3 fully saturated rings. The van der Waals surface area contributed by atoms with Gasteiger partial charge in [-0.2, -0.15) is 0 Å². The molecule has 0 aromatic heterocycles. The molecule has 0 spiro atoms. The Labute approximate surface area is 94.8 Å². The lowest BCUT2D eigenvalue weighted by Crippen LogP contribution is -2.54. The highest BCUT2D eigenvalue weighted by Crippen LogP contribution is 2.61. The first-order chi connectivity index (χ1) is 7.51. The van der Waals surface area contributed by atoms with Crippen molar-refractivity contribution in [2.24, 2.45) is 11.8 Å². The Hall–Kier alpha value is -1.25. The molecule has 3 nitrogen and oxygen atoms in total. The number of hydrogen-bond donors (Lipinski definition) is 1. The van der Waals surface area contributed by atoms with Gasteiger partial charge in [-0.3, -0.25) is 0 Å². The van der Waals surface area contributed by atoms with Crippen molar-refractivity contribution in [2.75, 3.05) is 0 Å². The number of aliphatic hydroxyl groups is 1. The van der Waals surface area contributed by atoms with Gasteiger partial charge in [0.25, 0.3) is 0 Å². The zero-order valence-corrected chi connectivity index (χ0v) is 9.45. The maximum atomic E-state index is 11.6. The highest BCUT2D eigenvalue weighted by atomic mass is 16.6. The van der Waals surface area contributed by atoms with Crippen molar-refractivity contribution < 1.29 is 14.6 Å². The number of rotatable bonds is 2. The molecular weight excluding hydrogens is 204 g/mol. The summed E-state index contributed by atoms with van der Waals surface area (Å²) < 4.78 is 5.57. The molecule has 0 aromatic carbocycles. The van der Waals surface area contributed by atoms with Crippen molar-refractivity contribution in [1.82, 2.24) is 0 Å². The molecule has 5 aliphatic rings. The first kappa shape index (κ1) is 9.94. The molecule has 16 heavy (non-hydrogen) atoms. The number of allylic oxidation sites excluding steroid dienone is 1. The lowest BCUT2D eigenvalue weighted by molar-refractivity contribution is -0.170. The molecule has 2 unspecified atom stereocenters. The lowest BCUT2D eigenvalue weighted by Gasteiger charge is -2.57. The summed E-state index contributed by atoms with van der Waals surface area (Å²) in [6.45, 7) is 5.26. The second-order valence-electron chi connectivity index (χ2n) is 5.47. The molecule has 0 radical (unpaired) electrons. The Balaban J connectivity index is 1.84. The van der Waals surface area contributed by atoms with Crippen LogP contribution in [0.4, 0.5) is 0 Å². The standard InChI is InChI=1S/C13H16O3/c1-7(2)12(15)16-13-4-8-3-9(5-13)11(8)10(14)6-13/h8-9,14H,1,3-6H2,2H3. The van der Waals surface area contributed by atoms with Gasteiger partial charge in [0.05, 0.1) is 5.76 Å². The number of carbonyl (C=O) groups excluding carboxylic acids is 1. The lowest BCUT2D eigenvalue weighted by atomic mass is 9.51. The summed E-state index contributed by atoms with van der Waals surface area (Å²) in [6.07, 6.45) is 3.45. The van der Waals surface area contributed by atoms with Crippen LogP contribution >= 0.6 is 0 Å². The van der Waals surface area contributed by atoms with Crippen molar-refractivity contribution in [3.05, 3.63) is 23.5 Å². The SMILES string of the molecule is C=C(C)C(=O)OC12CC(O)=C3C(CC3C1)C2. The van der Waals surface area contributed by atoms with Gasteiger partial charge in [-0.05, 0) is 43.6 Å². The van der Waals surface area contributed by atoms with Crippen LogP contribution in [-0.4, -0.2) is 16.7 Å². The topological polar surface area (TPSA) is 46.5 Å². The number of fused-ring (bicyclic) bond motifs is 1. The van der Waals surface area contributed by atoms with E-state index < -0.39 is 5.60 Å². The fourth-order valence-corrected chi connectivity index (χ4v) is 3.56. The number of ether oxygens (including phenoxy) is 1. The Morgan fingerprint density at radius 2 is 2.12 bits per heavy atom. The van der Waals surface area contributed by atoms with E-state index >= 15 is 0 Å². The molecule has 1 N–H and O–H groups in total. The van der Waals surface area contributed by atoms with Crippen molar-refractivity contribution >= 4 is 5.97 Å². The van der Waals surface area contributed by atoms with Gasteiger partial charge in [0.15, 0.2) is 0 Å². The van der Waals surface area contributed by atoms with Gasteiger partial charge in [0, 0.05) is 12.0 Å². The smallest absolute Gasteiger partial charge is 0.333 e. The molecule has 0 aromatic rings. The second kappa shape index (κ2) is 2.90. The minimum Gasteiger partial charge on any atom is -0.512 e. The second-order valence-corrected chi connectivity index (χ2v) is 5.47. The van der Waals surface area contributed by atoms with Crippen LogP contribution in [0.15, 0.2) is 23.5 Å². The number of aliphatic hydroxyl groups excluding tert-OH is 1. The largest absolute Gasteiger partial charge is 0.512 e. The molecule has 5 rings (SSSR count). The van der Waals surface area contributed by atoms with Crippen LogP contribution in [0.5, 0.6) is 0 Å². The minimum absolute atomic E-state index is 0.322. The summed E-state index contributed by atoms with van der Waals surface area (Å²) in [7, 11) is 0. The summed E-state index contributed by atoms with van der Waals surface area (Å²) in [5.74, 6) is 1.08. The average molecular weight is 220 g/mol. The van der Waals surface area contributed by atoms with Gasteiger partial charge in [-0.1, -0.05) is 6.58 Å². The molecular formula is C13H16O3. The third kappa shape index (κ3) is 1.17. The number of hydrogen-bond acceptors (Lipinski definition) is 3. The Bertz CT molecular complexity index is 405. The van der Waals surface area contributed by atoms with E-state index in [1.165, 1.54) is 5.57 Å². The maximum absolute atomic E-state index is 11.6. The van der Waals surface area contributed by atoms with E-state index in [0.29, 0.717) is 29.6 Å². The van der Waals surface area contributed by atoms with E-state index in [-0.39, 0.29) is 5.97 Å². The molecule has 5 aliphatic carbocycles. The van der Waals surface area contributed by atoms with Gasteiger partial charge in [0.2, 0.25) is 0 Å². The van der Waals surface area contributed by atoms with Crippen LogP contribution in [0.2, 0.25) is 0 Å². The Kier molecular flexibility index (Phi) is 1.80. The van der Waals surface area contributed by atoms with Crippen LogP contribution in [0.3, 0.4) is 0 Å². The predicted octanol–water partition coefficient (Wildman–Crippen LogP) is 2.49. The maximum Gasteiger partial charge on any atom is 0.333 e. The fourth-order valence-electron chi connectivity index (χ4n) is 3.56. The van der Waals surface area contributed by atoms with Crippen molar-refractivity contribution in [3.8, 4) is 0 Å². The first-order valence-electron chi connectivity index (χ1n) is 5.81. The van der Waals surface area contributed by atoms with Gasteiger partial charge in [-0.15, -0.1) is 0 Å². The molecule has 0 saturated heterocycles. The summed E-state index contributed by atoms with van der Waals surface area (Å²) >= 11 is 0. The summed E-state index contributed by atoms with van der Waals surface area (Å²) in [4.78, 5) is 11.6. The average Bonchev–Trinajstić information content (AvgIpc) is 2.14. The van der Waals surface area contributed by atoms with Crippen LogP contribution in [-0.2, 0) is 9.53 Å². The first-order valence-corrected chi connectivity index (χ1v) is 5.81. The Morgan fingerprint density at radius 1 is 1.50 bits per heavy atom. The molecule has 4 bridgehead atoms. The quantitative estimate of drug-likeness (QED) is 0.574. The zero-order chi connectivity index (χ0) is 11.5. The van der Waals surface area contributed by atoms with Crippen molar-refractivity contribution in [1.29, 1.82) is 0 Å². The summed E-state index contributed by atoms with van der Waals surface area (Å²) in [6, 6.07) is 0. The van der Waals surface area contributed by atoms with E-state index in [2.05, 4.69) is 6.58 Å². The summed E-state index contributed by atoms with van der Waals surface area (Å²) in [5, 5.41) is 9.88. The van der Waals surface area contributed by atoms with Crippen LogP contribution in [0, 0.1) is 11.8 Å². The van der Waals surface area contributed by atoms with E-state index in [4.69, 9.17) is 4.74 Å². The normalized spacial score (nSPS) is 39.3. The third-order valence-electron chi connectivity index (χ3n) is 4.17. The van der Waals surface area contributed by atoms with Crippen molar-refractivity contribution in [3.63, 3.8) is 0 Å². The van der Waals surface area contributed by atoms with Crippen LogP contribution in [0.1, 0.15) is 32.6 Å². The van der Waals surface area contributed by atoms with Crippen LogP contribution < -0.4 is 0 Å². The monoisotopic (exact) mass is 220 g/mol. The molecule has 86 valence electrons. The molecule has 0 aliphatic heterocycles. The van der Waals surface area contributed by atoms with E-state index in [9.17, 15) is 9.90 Å². The minimum atomic E-state index is -0.435. The van der Waals surface area contributed by atoms with Gasteiger partial charge < -0.3 is 9.84 Å². The predicted molar refractivity (Wildman–Crippen MR) is 58.7 cm³/mol. The number of carbonyl (C=O) groups is 1. The molecule has 3 heteroatoms. The van der Waals surface area contributed by atoms with E-state index in [1.54, 1.807) is 6.92 Å². The molecule has 2 atom stereocenters. The van der Waals surface area contributed by atoms with E-state index in [1.807, 2.05) is 0 Å².